The molecule has 0 aliphatic heterocycles. The average Bonchev–Trinajstić information content (AvgIpc) is 3.22. The standard InChI is InChI=1S/C26H27N3OS2/c1-4-19-10-13-23-24(15-19)32-26(28-23)29(17-21-7-5-6-14-27-21)25(30)16-20-8-11-22(12-9-20)31-18(2)3/h5-15,18H,4,16-17H2,1-3H3. The summed E-state index contributed by atoms with van der Waals surface area (Å²) in [5.41, 5.74) is 4.05. The van der Waals surface area contributed by atoms with Gasteiger partial charge in [-0.05, 0) is 53.9 Å². The van der Waals surface area contributed by atoms with Gasteiger partial charge in [-0.2, -0.15) is 0 Å². The molecule has 2 heterocycles. The number of benzene rings is 2. The Kier molecular flexibility index (Phi) is 7.22. The maximum atomic E-state index is 13.4. The Balaban J connectivity index is 1.61. The molecule has 0 saturated carbocycles. The van der Waals surface area contributed by atoms with E-state index >= 15 is 0 Å². The summed E-state index contributed by atoms with van der Waals surface area (Å²) in [5.74, 6) is 0.0229. The Labute approximate surface area is 197 Å². The Bertz CT molecular complexity index is 1190. The van der Waals surface area contributed by atoms with E-state index in [4.69, 9.17) is 4.98 Å². The number of amides is 1. The molecule has 4 nitrogen and oxygen atoms in total. The predicted molar refractivity (Wildman–Crippen MR) is 136 cm³/mol. The van der Waals surface area contributed by atoms with Crippen LogP contribution in [0.4, 0.5) is 5.13 Å². The van der Waals surface area contributed by atoms with Gasteiger partial charge in [0, 0.05) is 16.3 Å². The number of anilines is 1. The van der Waals surface area contributed by atoms with E-state index in [0.29, 0.717) is 18.2 Å². The molecule has 0 aliphatic carbocycles. The Morgan fingerprint density at radius 2 is 1.84 bits per heavy atom. The third-order valence-electron chi connectivity index (χ3n) is 5.08. The van der Waals surface area contributed by atoms with Crippen molar-refractivity contribution in [1.82, 2.24) is 9.97 Å². The van der Waals surface area contributed by atoms with Gasteiger partial charge in [0.15, 0.2) is 5.13 Å². The van der Waals surface area contributed by atoms with Crippen molar-refractivity contribution in [2.24, 2.45) is 0 Å². The van der Waals surface area contributed by atoms with E-state index in [0.717, 1.165) is 33.0 Å². The first kappa shape index (κ1) is 22.5. The fourth-order valence-electron chi connectivity index (χ4n) is 3.44. The number of hydrogen-bond acceptors (Lipinski definition) is 5. The lowest BCUT2D eigenvalue weighted by Crippen LogP contribution is -2.32. The van der Waals surface area contributed by atoms with Gasteiger partial charge in [-0.1, -0.05) is 56.4 Å². The number of aromatic nitrogens is 2. The monoisotopic (exact) mass is 461 g/mol. The maximum Gasteiger partial charge on any atom is 0.233 e. The molecule has 32 heavy (non-hydrogen) atoms. The third kappa shape index (κ3) is 5.56. The van der Waals surface area contributed by atoms with Crippen LogP contribution in [0.5, 0.6) is 0 Å². The molecule has 0 aliphatic rings. The van der Waals surface area contributed by atoms with Crippen LogP contribution in [0, 0.1) is 0 Å². The SMILES string of the molecule is CCc1ccc2nc(N(Cc3ccccn3)C(=O)Cc3ccc(SC(C)C)cc3)sc2c1. The van der Waals surface area contributed by atoms with Crippen molar-refractivity contribution < 1.29 is 4.79 Å². The van der Waals surface area contributed by atoms with Gasteiger partial charge in [0.1, 0.15) is 0 Å². The number of fused-ring (bicyclic) bond motifs is 1. The van der Waals surface area contributed by atoms with Crippen LogP contribution in [-0.4, -0.2) is 21.1 Å². The highest BCUT2D eigenvalue weighted by Crippen LogP contribution is 2.31. The molecule has 2 aromatic heterocycles. The highest BCUT2D eigenvalue weighted by Gasteiger charge is 2.21. The summed E-state index contributed by atoms with van der Waals surface area (Å²) in [7, 11) is 0. The van der Waals surface area contributed by atoms with Crippen molar-refractivity contribution in [3.05, 3.63) is 83.7 Å². The molecule has 0 N–H and O–H groups in total. The van der Waals surface area contributed by atoms with Crippen molar-refractivity contribution in [2.75, 3.05) is 4.90 Å². The Morgan fingerprint density at radius 3 is 2.53 bits per heavy atom. The molecule has 4 rings (SSSR count). The van der Waals surface area contributed by atoms with Crippen LogP contribution in [-0.2, 0) is 24.2 Å². The molecule has 0 radical (unpaired) electrons. The molecule has 0 bridgehead atoms. The number of carbonyl (C=O) groups is 1. The molecule has 1 amide bonds. The van der Waals surface area contributed by atoms with E-state index in [1.54, 1.807) is 22.4 Å². The van der Waals surface area contributed by atoms with Crippen LogP contribution in [0.15, 0.2) is 71.8 Å². The zero-order chi connectivity index (χ0) is 22.5. The second kappa shape index (κ2) is 10.3. The molecule has 0 atom stereocenters. The first-order valence-corrected chi connectivity index (χ1v) is 12.6. The average molecular weight is 462 g/mol. The van der Waals surface area contributed by atoms with E-state index < -0.39 is 0 Å². The number of aryl methyl sites for hydroxylation is 1. The van der Waals surface area contributed by atoms with Gasteiger partial charge in [-0.15, -0.1) is 11.8 Å². The van der Waals surface area contributed by atoms with Crippen molar-refractivity contribution >= 4 is 44.4 Å². The fraction of sp³-hybridized carbons (Fsp3) is 0.269. The quantitative estimate of drug-likeness (QED) is 0.280. The minimum atomic E-state index is 0.0229. The van der Waals surface area contributed by atoms with Crippen LogP contribution in [0.3, 0.4) is 0 Å². The summed E-state index contributed by atoms with van der Waals surface area (Å²) in [4.78, 5) is 25.7. The van der Waals surface area contributed by atoms with Crippen LogP contribution in [0.2, 0.25) is 0 Å². The van der Waals surface area contributed by atoms with Crippen molar-refractivity contribution in [1.29, 1.82) is 0 Å². The summed E-state index contributed by atoms with van der Waals surface area (Å²) < 4.78 is 1.10. The maximum absolute atomic E-state index is 13.4. The second-order valence-electron chi connectivity index (χ2n) is 7.94. The minimum absolute atomic E-state index is 0.0229. The normalized spacial score (nSPS) is 11.2. The van der Waals surface area contributed by atoms with Gasteiger partial charge < -0.3 is 0 Å². The number of hydrogen-bond donors (Lipinski definition) is 0. The molecule has 2 aromatic carbocycles. The Morgan fingerprint density at radius 1 is 1.06 bits per heavy atom. The second-order valence-corrected chi connectivity index (χ2v) is 10.6. The molecule has 6 heteroatoms. The summed E-state index contributed by atoms with van der Waals surface area (Å²) in [6.45, 7) is 6.91. The summed E-state index contributed by atoms with van der Waals surface area (Å²) >= 11 is 3.39. The lowest BCUT2D eigenvalue weighted by Gasteiger charge is -2.19. The molecule has 0 saturated heterocycles. The number of carbonyl (C=O) groups excluding carboxylic acids is 1. The molecule has 0 spiro atoms. The zero-order valence-electron chi connectivity index (χ0n) is 18.6. The highest BCUT2D eigenvalue weighted by molar-refractivity contribution is 7.99. The lowest BCUT2D eigenvalue weighted by atomic mass is 10.1. The summed E-state index contributed by atoms with van der Waals surface area (Å²) in [5, 5.41) is 1.25. The molecule has 4 aromatic rings. The van der Waals surface area contributed by atoms with Gasteiger partial charge >= 0.3 is 0 Å². The van der Waals surface area contributed by atoms with Gasteiger partial charge in [0.05, 0.1) is 28.9 Å². The molecular formula is C26H27N3OS2. The topological polar surface area (TPSA) is 46.1 Å². The van der Waals surface area contributed by atoms with Crippen LogP contribution >= 0.6 is 23.1 Å². The molecule has 0 fully saturated rings. The van der Waals surface area contributed by atoms with E-state index in [2.05, 4.69) is 50.0 Å². The highest BCUT2D eigenvalue weighted by atomic mass is 32.2. The molecular weight excluding hydrogens is 434 g/mol. The van der Waals surface area contributed by atoms with Gasteiger partial charge in [0.2, 0.25) is 5.91 Å². The predicted octanol–water partition coefficient (Wildman–Crippen LogP) is 6.53. The van der Waals surface area contributed by atoms with E-state index in [1.165, 1.54) is 10.5 Å². The van der Waals surface area contributed by atoms with Crippen LogP contribution < -0.4 is 4.90 Å². The Hall–Kier alpha value is -2.70. The van der Waals surface area contributed by atoms with Crippen molar-refractivity contribution in [3.8, 4) is 0 Å². The van der Waals surface area contributed by atoms with Crippen molar-refractivity contribution in [2.45, 2.75) is 50.3 Å². The summed E-state index contributed by atoms with van der Waals surface area (Å²) in [6, 6.07) is 20.4. The number of nitrogens with zero attached hydrogens (tertiary/aromatic N) is 3. The minimum Gasteiger partial charge on any atom is -0.282 e. The molecule has 0 unspecified atom stereocenters. The fourth-order valence-corrected chi connectivity index (χ4v) is 5.32. The van der Waals surface area contributed by atoms with E-state index in [1.807, 2.05) is 48.2 Å². The number of thiazole rings is 1. The van der Waals surface area contributed by atoms with Gasteiger partial charge in [-0.3, -0.25) is 14.7 Å². The zero-order valence-corrected chi connectivity index (χ0v) is 20.2. The lowest BCUT2D eigenvalue weighted by molar-refractivity contribution is -0.118. The van der Waals surface area contributed by atoms with Gasteiger partial charge in [-0.25, -0.2) is 4.98 Å². The van der Waals surface area contributed by atoms with Crippen molar-refractivity contribution in [3.63, 3.8) is 0 Å². The van der Waals surface area contributed by atoms with Gasteiger partial charge in [0.25, 0.3) is 0 Å². The summed E-state index contributed by atoms with van der Waals surface area (Å²) in [6.07, 6.45) is 3.06. The molecule has 164 valence electrons. The number of rotatable bonds is 8. The number of pyridine rings is 1. The first-order chi connectivity index (χ1) is 15.5. The van der Waals surface area contributed by atoms with Crippen LogP contribution in [0.1, 0.15) is 37.6 Å². The van der Waals surface area contributed by atoms with Crippen LogP contribution in [0.25, 0.3) is 10.2 Å². The largest absolute Gasteiger partial charge is 0.282 e. The van der Waals surface area contributed by atoms with E-state index in [-0.39, 0.29) is 5.91 Å². The third-order valence-corrected chi connectivity index (χ3v) is 7.14. The van der Waals surface area contributed by atoms with E-state index in [9.17, 15) is 4.79 Å². The first-order valence-electron chi connectivity index (χ1n) is 10.9. The number of thioether (sulfide) groups is 1. The smallest absolute Gasteiger partial charge is 0.233 e.